The Morgan fingerprint density at radius 2 is 2.00 bits per heavy atom. The van der Waals surface area contributed by atoms with E-state index in [0.717, 1.165) is 18.4 Å². The molecule has 0 aromatic carbocycles. The maximum atomic E-state index is 11.1. The number of allylic oxidation sites excluding steroid dienone is 2. The monoisotopic (exact) mass is 140 g/mol. The van der Waals surface area contributed by atoms with Crippen molar-refractivity contribution in [3.8, 4) is 0 Å². The van der Waals surface area contributed by atoms with Crippen molar-refractivity contribution in [1.82, 2.24) is 0 Å². The molecule has 1 nitrogen and oxygen atoms in total. The smallest absolute Gasteiger partial charge is 0.158 e. The number of Topliss-reactive ketones (excluding diaryl/α,β-unsaturated/α-hetero) is 1. The molecule has 0 rings (SSSR count). The Labute approximate surface area is 63.1 Å². The Hall–Kier alpha value is -0.590. The summed E-state index contributed by atoms with van der Waals surface area (Å²) in [5, 5.41) is 0. The lowest BCUT2D eigenvalue weighted by molar-refractivity contribution is -0.115. The van der Waals surface area contributed by atoms with E-state index in [2.05, 4.69) is 0 Å². The molecule has 58 valence electrons. The average Bonchev–Trinajstić information content (AvgIpc) is 1.89. The zero-order valence-corrected chi connectivity index (χ0v) is 7.11. The van der Waals surface area contributed by atoms with Crippen LogP contribution in [0.15, 0.2) is 11.6 Å². The molecule has 0 aromatic rings. The van der Waals surface area contributed by atoms with E-state index < -0.39 is 0 Å². The molecule has 0 N–H and O–H groups in total. The number of hydrogen-bond donors (Lipinski definition) is 0. The van der Waals surface area contributed by atoms with Crippen molar-refractivity contribution >= 4 is 5.78 Å². The van der Waals surface area contributed by atoms with Gasteiger partial charge in [-0.1, -0.05) is 19.9 Å². The molecule has 0 saturated carbocycles. The molecule has 0 bridgehead atoms. The molecule has 0 unspecified atom stereocenters. The molecule has 0 aliphatic rings. The molecule has 0 fully saturated rings. The fraction of sp³-hybridized carbons (Fsp3) is 0.667. The highest BCUT2D eigenvalue weighted by atomic mass is 16.1. The van der Waals surface area contributed by atoms with E-state index in [1.807, 2.05) is 26.8 Å². The molecule has 0 radical (unpaired) electrons. The number of rotatable bonds is 4. The predicted molar refractivity (Wildman–Crippen MR) is 44.0 cm³/mol. The first-order valence-electron chi connectivity index (χ1n) is 3.92. The lowest BCUT2D eigenvalue weighted by atomic mass is 10.1. The van der Waals surface area contributed by atoms with Gasteiger partial charge in [0.25, 0.3) is 0 Å². The highest BCUT2D eigenvalue weighted by Gasteiger charge is 1.99. The Balaban J connectivity index is 3.82. The molecule has 0 atom stereocenters. The summed E-state index contributed by atoms with van der Waals surface area (Å²) in [4.78, 5) is 11.1. The molecule has 0 aromatic heterocycles. The Morgan fingerprint density at radius 1 is 1.40 bits per heavy atom. The van der Waals surface area contributed by atoms with Crippen molar-refractivity contribution in [1.29, 1.82) is 0 Å². The van der Waals surface area contributed by atoms with Gasteiger partial charge in [-0.15, -0.1) is 0 Å². The summed E-state index contributed by atoms with van der Waals surface area (Å²) in [5.41, 5.74) is 0.921. The van der Waals surface area contributed by atoms with Gasteiger partial charge in [0.2, 0.25) is 0 Å². The molecule has 0 amide bonds. The van der Waals surface area contributed by atoms with Crippen LogP contribution in [-0.4, -0.2) is 5.78 Å². The maximum Gasteiger partial charge on any atom is 0.158 e. The molecule has 0 aliphatic heterocycles. The lowest BCUT2D eigenvalue weighted by Gasteiger charge is -1.96. The number of hydrogen-bond acceptors (Lipinski definition) is 1. The fourth-order valence-corrected chi connectivity index (χ4v) is 0.844. The van der Waals surface area contributed by atoms with E-state index in [-0.39, 0.29) is 0 Å². The van der Waals surface area contributed by atoms with E-state index in [4.69, 9.17) is 0 Å². The quantitative estimate of drug-likeness (QED) is 0.549. The minimum Gasteiger partial charge on any atom is -0.295 e. The second-order valence-corrected chi connectivity index (χ2v) is 2.47. The van der Waals surface area contributed by atoms with Crippen molar-refractivity contribution in [2.75, 3.05) is 0 Å². The summed E-state index contributed by atoms with van der Waals surface area (Å²) >= 11 is 0. The Bertz CT molecular complexity index is 134. The van der Waals surface area contributed by atoms with Crippen LogP contribution in [0.1, 0.15) is 40.0 Å². The van der Waals surface area contributed by atoms with E-state index >= 15 is 0 Å². The van der Waals surface area contributed by atoms with Crippen LogP contribution in [0.3, 0.4) is 0 Å². The summed E-state index contributed by atoms with van der Waals surface area (Å²) in [7, 11) is 0. The minimum absolute atomic E-state index is 0.296. The highest BCUT2D eigenvalue weighted by Crippen LogP contribution is 2.01. The van der Waals surface area contributed by atoms with Gasteiger partial charge in [0.15, 0.2) is 5.78 Å². The summed E-state index contributed by atoms with van der Waals surface area (Å²) < 4.78 is 0. The summed E-state index contributed by atoms with van der Waals surface area (Å²) in [6.07, 6.45) is 4.59. The van der Waals surface area contributed by atoms with Crippen molar-refractivity contribution in [2.24, 2.45) is 0 Å². The van der Waals surface area contributed by atoms with Crippen molar-refractivity contribution in [3.63, 3.8) is 0 Å². The van der Waals surface area contributed by atoms with Gasteiger partial charge < -0.3 is 0 Å². The van der Waals surface area contributed by atoms with E-state index in [9.17, 15) is 4.79 Å². The number of carbonyl (C=O) groups is 1. The van der Waals surface area contributed by atoms with Gasteiger partial charge in [0.1, 0.15) is 0 Å². The summed E-state index contributed by atoms with van der Waals surface area (Å²) in [6, 6.07) is 0. The van der Waals surface area contributed by atoms with Crippen LogP contribution >= 0.6 is 0 Å². The highest BCUT2D eigenvalue weighted by molar-refractivity contribution is 5.94. The van der Waals surface area contributed by atoms with Crippen molar-refractivity contribution in [2.45, 2.75) is 40.0 Å². The van der Waals surface area contributed by atoms with Gasteiger partial charge in [-0.3, -0.25) is 4.79 Å². The van der Waals surface area contributed by atoms with Crippen LogP contribution in [-0.2, 0) is 4.79 Å². The van der Waals surface area contributed by atoms with Crippen LogP contribution in [0.5, 0.6) is 0 Å². The Morgan fingerprint density at radius 3 is 2.40 bits per heavy atom. The van der Waals surface area contributed by atoms with Crippen LogP contribution in [0, 0.1) is 0 Å². The predicted octanol–water partition coefficient (Wildman–Crippen LogP) is 2.71. The zero-order chi connectivity index (χ0) is 7.98. The van der Waals surface area contributed by atoms with Gasteiger partial charge in [-0.2, -0.15) is 0 Å². The third-order valence-electron chi connectivity index (χ3n) is 1.43. The van der Waals surface area contributed by atoms with Crippen molar-refractivity contribution < 1.29 is 4.79 Å². The fourth-order valence-electron chi connectivity index (χ4n) is 0.844. The molecule has 0 aliphatic carbocycles. The van der Waals surface area contributed by atoms with Gasteiger partial charge in [-0.05, 0) is 25.3 Å². The summed E-state index contributed by atoms with van der Waals surface area (Å²) in [6.45, 7) is 5.96. The zero-order valence-electron chi connectivity index (χ0n) is 7.11. The van der Waals surface area contributed by atoms with E-state index in [1.54, 1.807) is 0 Å². The molecular weight excluding hydrogens is 124 g/mol. The van der Waals surface area contributed by atoms with E-state index in [1.165, 1.54) is 0 Å². The van der Waals surface area contributed by atoms with Crippen molar-refractivity contribution in [3.05, 3.63) is 11.6 Å². The van der Waals surface area contributed by atoms with Crippen LogP contribution in [0.2, 0.25) is 0 Å². The average molecular weight is 140 g/mol. The molecule has 1 heteroatoms. The number of carbonyl (C=O) groups excluding carboxylic acids is 1. The van der Waals surface area contributed by atoms with E-state index in [0.29, 0.717) is 12.2 Å². The third kappa shape index (κ3) is 3.44. The topological polar surface area (TPSA) is 17.1 Å². The first-order chi connectivity index (χ1) is 4.72. The SMILES string of the molecule is CCC=C(C)C(=O)CCC. The molecule has 0 spiro atoms. The third-order valence-corrected chi connectivity index (χ3v) is 1.43. The van der Waals surface area contributed by atoms with Crippen LogP contribution < -0.4 is 0 Å². The second-order valence-electron chi connectivity index (χ2n) is 2.47. The second kappa shape index (κ2) is 5.21. The molecular formula is C9H16O. The van der Waals surface area contributed by atoms with Gasteiger partial charge >= 0.3 is 0 Å². The normalized spacial score (nSPS) is 11.7. The van der Waals surface area contributed by atoms with Crippen LogP contribution in [0.4, 0.5) is 0 Å². The minimum atomic E-state index is 0.296. The summed E-state index contributed by atoms with van der Waals surface area (Å²) in [5.74, 6) is 0.296. The standard InChI is InChI=1S/C9H16O/c1-4-6-8(3)9(10)7-5-2/h6H,4-5,7H2,1-3H3. The number of ketones is 1. The molecule has 0 heterocycles. The first kappa shape index (κ1) is 9.41. The van der Waals surface area contributed by atoms with Gasteiger partial charge in [-0.25, -0.2) is 0 Å². The first-order valence-corrected chi connectivity index (χ1v) is 3.92. The molecule has 0 saturated heterocycles. The molecule has 10 heavy (non-hydrogen) atoms. The van der Waals surface area contributed by atoms with Crippen LogP contribution in [0.25, 0.3) is 0 Å². The van der Waals surface area contributed by atoms with Gasteiger partial charge in [0.05, 0.1) is 0 Å². The largest absolute Gasteiger partial charge is 0.295 e. The van der Waals surface area contributed by atoms with Gasteiger partial charge in [0, 0.05) is 6.42 Å². The Kier molecular flexibility index (Phi) is 4.91. The maximum absolute atomic E-state index is 11.1. The lowest BCUT2D eigenvalue weighted by Crippen LogP contribution is -1.97.